The summed E-state index contributed by atoms with van der Waals surface area (Å²) in [5, 5.41) is 4.05. The Morgan fingerprint density at radius 2 is 2.27 bits per heavy atom. The van der Waals surface area contributed by atoms with E-state index in [2.05, 4.69) is 10.0 Å². The topological polar surface area (TPSA) is 59.9 Å². The summed E-state index contributed by atoms with van der Waals surface area (Å²) in [6, 6.07) is 1.84. The molecule has 1 amide bonds. The van der Waals surface area contributed by atoms with Gasteiger partial charge in [0.05, 0.1) is 11.8 Å². The molecule has 1 aliphatic heterocycles. The van der Waals surface area contributed by atoms with Gasteiger partial charge in [-0.3, -0.25) is 0 Å². The molecule has 0 spiro atoms. The van der Waals surface area contributed by atoms with Crippen LogP contribution in [0, 0.1) is 25.3 Å². The minimum absolute atomic E-state index is 0.121. The molecular formula is C16H21N3O3. The lowest BCUT2D eigenvalue weighted by Crippen LogP contribution is -2.40. The number of carbonyl (C=O) groups excluding carboxylic acids is 1. The molecule has 6 heteroatoms. The van der Waals surface area contributed by atoms with Crippen molar-refractivity contribution in [3.8, 4) is 0 Å². The Labute approximate surface area is 130 Å². The zero-order valence-corrected chi connectivity index (χ0v) is 13.4. The number of aryl methyl sites for hydroxylation is 1. The summed E-state index contributed by atoms with van der Waals surface area (Å²) in [7, 11) is 0. The molecule has 1 aliphatic carbocycles. The fraction of sp³-hybridized carbons (Fsp3) is 0.688. The molecule has 6 nitrogen and oxygen atoms in total. The summed E-state index contributed by atoms with van der Waals surface area (Å²) in [4.78, 5) is 17.8. The number of hydrogen-bond donors (Lipinski definition) is 0. The van der Waals surface area contributed by atoms with Crippen LogP contribution in [0.5, 0.6) is 0 Å². The number of likely N-dealkylation sites (tertiary alicyclic amines) is 1. The van der Waals surface area contributed by atoms with E-state index in [9.17, 15) is 4.79 Å². The van der Waals surface area contributed by atoms with E-state index in [1.54, 1.807) is 4.90 Å². The van der Waals surface area contributed by atoms with E-state index in [0.717, 1.165) is 6.42 Å². The van der Waals surface area contributed by atoms with E-state index < -0.39 is 11.1 Å². The third kappa shape index (κ3) is 2.25. The van der Waals surface area contributed by atoms with Crippen molar-refractivity contribution in [3.63, 3.8) is 0 Å². The first kappa shape index (κ1) is 14.9. The second kappa shape index (κ2) is 4.73. The zero-order valence-electron chi connectivity index (χ0n) is 13.4. The molecule has 0 N–H and O–H groups in total. The van der Waals surface area contributed by atoms with E-state index in [-0.39, 0.29) is 17.9 Å². The second-order valence-electron chi connectivity index (χ2n) is 7.19. The SMILES string of the molecule is [C-]#[N+][C@]1(c2cc(C)on2)[C@@H]2CCN(C(=O)OC(C)(C)C)C[C@@H]21. The summed E-state index contributed by atoms with van der Waals surface area (Å²) in [5.41, 5.74) is -0.410. The highest BCUT2D eigenvalue weighted by Gasteiger charge is 2.76. The molecular weight excluding hydrogens is 282 g/mol. The van der Waals surface area contributed by atoms with Gasteiger partial charge < -0.3 is 19.0 Å². The lowest BCUT2D eigenvalue weighted by Gasteiger charge is -2.28. The Morgan fingerprint density at radius 1 is 1.55 bits per heavy atom. The monoisotopic (exact) mass is 303 g/mol. The molecule has 1 saturated heterocycles. The second-order valence-corrected chi connectivity index (χ2v) is 7.19. The normalized spacial score (nSPS) is 30.4. The van der Waals surface area contributed by atoms with Crippen LogP contribution in [0.15, 0.2) is 10.6 Å². The Kier molecular flexibility index (Phi) is 3.20. The fourth-order valence-corrected chi connectivity index (χ4v) is 3.48. The van der Waals surface area contributed by atoms with Crippen LogP contribution in [0.1, 0.15) is 38.6 Å². The number of piperidine rings is 1. The van der Waals surface area contributed by atoms with Crippen LogP contribution in [0.3, 0.4) is 0 Å². The van der Waals surface area contributed by atoms with E-state index >= 15 is 0 Å². The highest BCUT2D eigenvalue weighted by Crippen LogP contribution is 2.64. The lowest BCUT2D eigenvalue weighted by molar-refractivity contribution is 0.0207. The average molecular weight is 303 g/mol. The van der Waals surface area contributed by atoms with Crippen molar-refractivity contribution < 1.29 is 14.1 Å². The van der Waals surface area contributed by atoms with Gasteiger partial charge in [0.2, 0.25) is 0 Å². The standard InChI is InChI=1S/C16H21N3O3/c1-10-8-13(18-22-10)16(17-5)11-6-7-19(9-12(11)16)14(20)21-15(2,3)4/h8,11-12H,6-7,9H2,1-4H3/t11-,12+,16-/m1/s1. The molecule has 3 rings (SSSR count). The number of hydrogen-bond acceptors (Lipinski definition) is 4. The number of ether oxygens (including phenoxy) is 1. The molecule has 118 valence electrons. The van der Waals surface area contributed by atoms with Crippen molar-refractivity contribution in [2.24, 2.45) is 11.8 Å². The Hall–Kier alpha value is -2.03. The van der Waals surface area contributed by atoms with Gasteiger partial charge in [-0.25, -0.2) is 11.4 Å². The highest BCUT2D eigenvalue weighted by molar-refractivity contribution is 5.68. The predicted molar refractivity (Wildman–Crippen MR) is 78.9 cm³/mol. The van der Waals surface area contributed by atoms with Crippen molar-refractivity contribution in [3.05, 3.63) is 28.9 Å². The molecule has 2 heterocycles. The van der Waals surface area contributed by atoms with Gasteiger partial charge in [0.1, 0.15) is 11.4 Å². The van der Waals surface area contributed by atoms with Crippen LogP contribution in [-0.2, 0) is 10.3 Å². The summed E-state index contributed by atoms with van der Waals surface area (Å²) >= 11 is 0. The van der Waals surface area contributed by atoms with Crippen LogP contribution in [0.2, 0.25) is 0 Å². The quantitative estimate of drug-likeness (QED) is 0.748. The van der Waals surface area contributed by atoms with Gasteiger partial charge in [-0.15, -0.1) is 0 Å². The molecule has 1 aromatic heterocycles. The molecule has 0 bridgehead atoms. The predicted octanol–water partition coefficient (Wildman–Crippen LogP) is 2.98. The van der Waals surface area contributed by atoms with Crippen molar-refractivity contribution >= 4 is 6.09 Å². The van der Waals surface area contributed by atoms with Crippen LogP contribution in [-0.4, -0.2) is 34.8 Å². The van der Waals surface area contributed by atoms with Crippen LogP contribution in [0.4, 0.5) is 4.79 Å². The van der Waals surface area contributed by atoms with Gasteiger partial charge in [0, 0.05) is 19.2 Å². The molecule has 1 saturated carbocycles. The number of carbonyl (C=O) groups is 1. The first-order chi connectivity index (χ1) is 10.3. The summed E-state index contributed by atoms with van der Waals surface area (Å²) in [6.07, 6.45) is 0.506. The van der Waals surface area contributed by atoms with E-state index in [1.807, 2.05) is 33.8 Å². The molecule has 0 radical (unpaired) electrons. The summed E-state index contributed by atoms with van der Waals surface area (Å²) < 4.78 is 10.6. The Balaban J connectivity index is 1.75. The van der Waals surface area contributed by atoms with Crippen LogP contribution < -0.4 is 0 Å². The maximum atomic E-state index is 12.2. The van der Waals surface area contributed by atoms with Crippen molar-refractivity contribution in [1.29, 1.82) is 0 Å². The Morgan fingerprint density at radius 3 is 2.82 bits per heavy atom. The molecule has 0 unspecified atom stereocenters. The molecule has 2 aliphatic rings. The first-order valence-electron chi connectivity index (χ1n) is 7.58. The molecule has 0 aromatic carbocycles. The van der Waals surface area contributed by atoms with Crippen LogP contribution in [0.25, 0.3) is 4.85 Å². The average Bonchev–Trinajstić information content (AvgIpc) is 2.89. The van der Waals surface area contributed by atoms with Crippen molar-refractivity contribution in [2.45, 2.75) is 45.3 Å². The van der Waals surface area contributed by atoms with Crippen molar-refractivity contribution in [1.82, 2.24) is 10.1 Å². The smallest absolute Gasteiger partial charge is 0.410 e. The minimum atomic E-state index is -0.617. The zero-order chi connectivity index (χ0) is 16.1. The first-order valence-corrected chi connectivity index (χ1v) is 7.58. The Bertz CT molecular complexity index is 640. The molecule has 3 atom stereocenters. The van der Waals surface area contributed by atoms with Gasteiger partial charge in [0.25, 0.3) is 5.54 Å². The maximum absolute atomic E-state index is 12.2. The third-order valence-corrected chi connectivity index (χ3v) is 4.51. The van der Waals surface area contributed by atoms with E-state index in [1.165, 1.54) is 0 Å². The number of amides is 1. The number of aromatic nitrogens is 1. The maximum Gasteiger partial charge on any atom is 0.410 e. The number of fused-ring (bicyclic) bond motifs is 1. The van der Waals surface area contributed by atoms with Gasteiger partial charge >= 0.3 is 6.09 Å². The largest absolute Gasteiger partial charge is 0.444 e. The fourth-order valence-electron chi connectivity index (χ4n) is 3.48. The molecule has 1 aromatic rings. The van der Waals surface area contributed by atoms with Gasteiger partial charge in [0.15, 0.2) is 5.69 Å². The number of rotatable bonds is 1. The molecule has 2 fully saturated rings. The minimum Gasteiger partial charge on any atom is -0.444 e. The highest BCUT2D eigenvalue weighted by atomic mass is 16.6. The van der Waals surface area contributed by atoms with Gasteiger partial charge in [-0.2, -0.15) is 0 Å². The number of nitrogens with zero attached hydrogens (tertiary/aromatic N) is 3. The van der Waals surface area contributed by atoms with Crippen LogP contribution >= 0.6 is 0 Å². The lowest BCUT2D eigenvalue weighted by atomic mass is 10.1. The third-order valence-electron chi connectivity index (χ3n) is 4.51. The van der Waals surface area contributed by atoms with E-state index in [4.69, 9.17) is 15.8 Å². The van der Waals surface area contributed by atoms with Crippen molar-refractivity contribution in [2.75, 3.05) is 13.1 Å². The summed E-state index contributed by atoms with van der Waals surface area (Å²) in [5.74, 6) is 1.09. The van der Waals surface area contributed by atoms with Gasteiger partial charge in [-0.1, -0.05) is 5.16 Å². The molecule has 22 heavy (non-hydrogen) atoms. The van der Waals surface area contributed by atoms with E-state index in [0.29, 0.717) is 24.5 Å². The van der Waals surface area contributed by atoms with Gasteiger partial charge in [-0.05, 0) is 34.1 Å². The summed E-state index contributed by atoms with van der Waals surface area (Å²) in [6.45, 7) is 16.2.